The van der Waals surface area contributed by atoms with Gasteiger partial charge in [-0.3, -0.25) is 14.5 Å². The van der Waals surface area contributed by atoms with Gasteiger partial charge in [-0.2, -0.15) is 0 Å². The van der Waals surface area contributed by atoms with Gasteiger partial charge in [-0.15, -0.1) is 21.5 Å². The summed E-state index contributed by atoms with van der Waals surface area (Å²) in [6, 6.07) is 9.89. The van der Waals surface area contributed by atoms with Crippen molar-refractivity contribution in [2.24, 2.45) is 5.41 Å². The first-order valence-electron chi connectivity index (χ1n) is 18.5. The number of hydrogen-bond donors (Lipinski definition) is 5. The maximum absolute atomic E-state index is 14.3. The lowest BCUT2D eigenvalue weighted by molar-refractivity contribution is -0.140. The summed E-state index contributed by atoms with van der Waals surface area (Å²) in [5.74, 6) is -3.27. The van der Waals surface area contributed by atoms with Crippen molar-refractivity contribution in [3.05, 3.63) is 83.1 Å². The summed E-state index contributed by atoms with van der Waals surface area (Å²) in [6.45, 7) is 16.0. The smallest absolute Gasteiger partial charge is 0.246 e. The number of nitrogens with two attached hydrogens (primary N) is 1. The molecule has 0 unspecified atom stereocenters. The topological polar surface area (TPSA) is 173 Å². The number of β-amino-alcohol motifs (C(OH)–C–C–N with tert-alkyl or cyclic N) is 1. The highest BCUT2D eigenvalue weighted by Gasteiger charge is 2.43. The van der Waals surface area contributed by atoms with E-state index in [1.165, 1.54) is 0 Å². The molecule has 0 bridgehead atoms. The van der Waals surface area contributed by atoms with E-state index in [0.717, 1.165) is 27.8 Å². The number of aliphatic hydroxyl groups is 1. The Morgan fingerprint density at radius 2 is 1.73 bits per heavy atom. The number of phenols is 1. The monoisotopic (exact) mass is 789 g/mol. The lowest BCUT2D eigenvalue weighted by atomic mass is 9.85. The third-order valence-electron chi connectivity index (χ3n) is 10.4. The number of carbonyl (C=O) groups excluding carboxylic acids is 2. The van der Waals surface area contributed by atoms with Crippen molar-refractivity contribution in [2.75, 3.05) is 49.9 Å². The number of hydrogen-bond acceptors (Lipinski definition) is 12. The number of likely N-dealkylation sites (tertiary alicyclic amines) is 1. The van der Waals surface area contributed by atoms with Gasteiger partial charge in [0, 0.05) is 62.5 Å². The van der Waals surface area contributed by atoms with Crippen molar-refractivity contribution in [2.45, 2.75) is 65.3 Å². The Kier molecular flexibility index (Phi) is 11.9. The van der Waals surface area contributed by atoms with Crippen LogP contribution in [0.2, 0.25) is 0 Å². The van der Waals surface area contributed by atoms with Crippen molar-refractivity contribution in [1.29, 1.82) is 0 Å². The van der Waals surface area contributed by atoms with Gasteiger partial charge in [0.25, 0.3) is 0 Å². The van der Waals surface area contributed by atoms with Gasteiger partial charge >= 0.3 is 0 Å². The average Bonchev–Trinajstić information content (AvgIpc) is 3.77. The van der Waals surface area contributed by atoms with Gasteiger partial charge in [-0.1, -0.05) is 51.6 Å². The molecule has 4 aromatic rings. The number of phenolic OH excluding ortho intramolecular Hbond substituents is 1. The zero-order chi connectivity index (χ0) is 40.5. The molecule has 0 radical (unpaired) electrons. The fraction of sp³-hybridized carbons (Fsp3) is 0.425. The SMILES string of the molecule is C=C(N[C@@H](C)c1ccc(-c2scnc2C)cc1)[C@@H]1C[C@@H](O)CN1C(=O)[C@@H](NC(=O)CN1CCN(c2cc(-c3cc(F)c(F)cc3O)nnc2N)CC1)C(C)(C)C. The summed E-state index contributed by atoms with van der Waals surface area (Å²) in [6.07, 6.45) is -0.417. The van der Waals surface area contributed by atoms with Gasteiger partial charge in [0.05, 0.1) is 46.2 Å². The van der Waals surface area contributed by atoms with E-state index in [-0.39, 0.29) is 48.0 Å². The maximum atomic E-state index is 14.3. The predicted octanol–water partition coefficient (Wildman–Crippen LogP) is 4.62. The van der Waals surface area contributed by atoms with Gasteiger partial charge in [0.15, 0.2) is 17.5 Å². The van der Waals surface area contributed by atoms with Crippen LogP contribution in [0.4, 0.5) is 20.3 Å². The molecule has 2 aliphatic rings. The summed E-state index contributed by atoms with van der Waals surface area (Å²) in [7, 11) is 0. The maximum Gasteiger partial charge on any atom is 0.246 e. The van der Waals surface area contributed by atoms with Crippen LogP contribution in [0.15, 0.2) is 60.3 Å². The third kappa shape index (κ3) is 8.92. The second kappa shape index (κ2) is 16.5. The van der Waals surface area contributed by atoms with Gasteiger partial charge in [-0.05, 0) is 42.5 Å². The van der Waals surface area contributed by atoms with Crippen LogP contribution in [-0.2, 0) is 9.59 Å². The third-order valence-corrected chi connectivity index (χ3v) is 11.4. The molecule has 4 atom stereocenters. The second-order valence-corrected chi connectivity index (χ2v) is 16.4. The van der Waals surface area contributed by atoms with Crippen molar-refractivity contribution < 1.29 is 28.6 Å². The first kappa shape index (κ1) is 40.5. The van der Waals surface area contributed by atoms with Crippen molar-refractivity contribution in [3.8, 4) is 27.4 Å². The molecule has 2 saturated heterocycles. The standard InChI is InChI=1S/C40H49F2N9O4S/c1-22(25-7-9-26(10-8-25)36-24(3)44-21-56-36)45-23(2)32-15-27(52)19-51(32)39(55)37(40(4,5)6)46-35(54)20-49-11-13-50(14-12-49)33-18-31(47-48-38(33)43)28-16-29(41)30(42)17-34(28)53/h7-10,16-18,21-22,27,32,37,45,52-53H,2,11-15,19-20H2,1,3-6H3,(H2,43,48)(H,46,54)/t22-,27+,32-,37+/m0/s1. The predicted molar refractivity (Wildman–Crippen MR) is 213 cm³/mol. The average molecular weight is 790 g/mol. The molecule has 4 heterocycles. The molecule has 2 aliphatic heterocycles. The number of aliphatic hydroxyl groups excluding tert-OH is 1. The van der Waals surface area contributed by atoms with Crippen LogP contribution in [0.25, 0.3) is 21.7 Å². The number of carbonyl (C=O) groups is 2. The zero-order valence-electron chi connectivity index (χ0n) is 32.2. The van der Waals surface area contributed by atoms with Gasteiger partial charge < -0.3 is 36.4 Å². The Morgan fingerprint density at radius 1 is 1.05 bits per heavy atom. The van der Waals surface area contributed by atoms with Crippen LogP contribution in [0, 0.1) is 24.0 Å². The number of nitrogens with one attached hydrogen (secondary N) is 2. The molecule has 2 aromatic carbocycles. The molecular weight excluding hydrogens is 741 g/mol. The van der Waals surface area contributed by atoms with Gasteiger partial charge in [-0.25, -0.2) is 13.8 Å². The molecule has 56 heavy (non-hydrogen) atoms. The fourth-order valence-corrected chi connectivity index (χ4v) is 8.05. The van der Waals surface area contributed by atoms with E-state index in [4.69, 9.17) is 5.73 Å². The summed E-state index contributed by atoms with van der Waals surface area (Å²) < 4.78 is 27.6. The molecule has 298 valence electrons. The fourth-order valence-electron chi connectivity index (χ4n) is 7.24. The Labute approximate surface area is 329 Å². The van der Waals surface area contributed by atoms with Crippen LogP contribution in [0.5, 0.6) is 5.75 Å². The van der Waals surface area contributed by atoms with Crippen LogP contribution < -0.4 is 21.3 Å². The van der Waals surface area contributed by atoms with E-state index in [1.54, 1.807) is 22.3 Å². The minimum Gasteiger partial charge on any atom is -0.507 e. The van der Waals surface area contributed by atoms with Crippen molar-refractivity contribution in [3.63, 3.8) is 0 Å². The van der Waals surface area contributed by atoms with E-state index in [2.05, 4.69) is 56.7 Å². The molecule has 0 spiro atoms. The van der Waals surface area contributed by atoms with E-state index >= 15 is 0 Å². The first-order valence-corrected chi connectivity index (χ1v) is 19.4. The first-order chi connectivity index (χ1) is 26.5. The Hall–Kier alpha value is -5.19. The van der Waals surface area contributed by atoms with Crippen molar-refractivity contribution >= 4 is 34.7 Å². The lowest BCUT2D eigenvalue weighted by Gasteiger charge is -2.38. The molecule has 2 aromatic heterocycles. The van der Waals surface area contributed by atoms with Crippen molar-refractivity contribution in [1.82, 2.24) is 35.6 Å². The van der Waals surface area contributed by atoms with Crippen LogP contribution in [0.1, 0.15) is 51.4 Å². The number of aromatic nitrogens is 3. The molecule has 0 saturated carbocycles. The minimum absolute atomic E-state index is 0.0232. The summed E-state index contributed by atoms with van der Waals surface area (Å²) >= 11 is 1.60. The number of nitrogens with zero attached hydrogens (tertiary/aromatic N) is 6. The zero-order valence-corrected chi connectivity index (χ0v) is 33.0. The number of amides is 2. The molecule has 6 rings (SSSR count). The van der Waals surface area contributed by atoms with Gasteiger partial charge in [0.2, 0.25) is 11.8 Å². The molecule has 2 amide bonds. The van der Waals surface area contributed by atoms with E-state index < -0.39 is 41.0 Å². The number of anilines is 2. The normalized spacial score (nSPS) is 18.8. The van der Waals surface area contributed by atoms with E-state index in [0.29, 0.717) is 50.1 Å². The highest BCUT2D eigenvalue weighted by atomic mass is 32.1. The van der Waals surface area contributed by atoms with Crippen LogP contribution >= 0.6 is 11.3 Å². The van der Waals surface area contributed by atoms with Crippen LogP contribution in [-0.4, -0.2) is 104 Å². The number of aryl methyl sites for hydroxylation is 1. The summed E-state index contributed by atoms with van der Waals surface area (Å²) in [5.41, 5.74) is 11.7. The number of piperazine rings is 1. The quantitative estimate of drug-likeness (QED) is 0.144. The lowest BCUT2D eigenvalue weighted by Crippen LogP contribution is -2.58. The van der Waals surface area contributed by atoms with E-state index in [1.807, 2.05) is 49.9 Å². The summed E-state index contributed by atoms with van der Waals surface area (Å²) in [5, 5.41) is 35.4. The molecule has 6 N–H and O–H groups in total. The number of thiazole rings is 1. The Morgan fingerprint density at radius 3 is 2.38 bits per heavy atom. The summed E-state index contributed by atoms with van der Waals surface area (Å²) in [4.78, 5) is 38.8. The molecule has 13 nitrogen and oxygen atoms in total. The minimum atomic E-state index is -1.18. The number of rotatable bonds is 11. The van der Waals surface area contributed by atoms with Crippen LogP contribution in [0.3, 0.4) is 0 Å². The largest absolute Gasteiger partial charge is 0.507 e. The molecule has 0 aliphatic carbocycles. The number of aromatic hydroxyl groups is 1. The number of halogens is 2. The second-order valence-electron chi connectivity index (χ2n) is 15.6. The van der Waals surface area contributed by atoms with Gasteiger partial charge in [0.1, 0.15) is 11.8 Å². The Bertz CT molecular complexity index is 2080. The molecular formula is C40H49F2N9O4S. The molecule has 2 fully saturated rings. The number of nitrogen functional groups attached to an aromatic ring is 1. The van der Waals surface area contributed by atoms with E-state index in [9.17, 15) is 28.6 Å². The molecule has 16 heteroatoms. The number of benzene rings is 2. The highest BCUT2D eigenvalue weighted by Crippen LogP contribution is 2.34. The highest BCUT2D eigenvalue weighted by molar-refractivity contribution is 7.13. The Balaban J connectivity index is 1.06.